The normalized spacial score (nSPS) is 16.3. The number of carbonyl (C=O) groups is 2. The molecule has 222 valence electrons. The summed E-state index contributed by atoms with van der Waals surface area (Å²) >= 11 is 2.59. The summed E-state index contributed by atoms with van der Waals surface area (Å²) in [6.07, 6.45) is 1.94. The van der Waals surface area contributed by atoms with Crippen molar-refractivity contribution in [1.29, 1.82) is 0 Å². The van der Waals surface area contributed by atoms with Gasteiger partial charge in [-0.1, -0.05) is 86.7 Å². The third-order valence-corrected chi connectivity index (χ3v) is 9.26. The number of aliphatic hydroxyl groups is 1. The van der Waals surface area contributed by atoms with Crippen molar-refractivity contribution in [3.05, 3.63) is 106 Å². The van der Waals surface area contributed by atoms with Crippen LogP contribution in [0.3, 0.4) is 0 Å². The molecule has 1 aliphatic heterocycles. The van der Waals surface area contributed by atoms with Gasteiger partial charge in [0.25, 0.3) is 5.78 Å². The Morgan fingerprint density at radius 1 is 1.02 bits per heavy atom. The second-order valence-corrected chi connectivity index (χ2v) is 12.7. The van der Waals surface area contributed by atoms with Gasteiger partial charge in [-0.15, -0.1) is 10.2 Å². The van der Waals surface area contributed by atoms with Crippen LogP contribution in [0.1, 0.15) is 67.8 Å². The number of halogens is 1. The predicted molar refractivity (Wildman–Crippen MR) is 168 cm³/mol. The molecule has 2 heterocycles. The number of hydrogen-bond acceptors (Lipinski definition) is 8. The highest BCUT2D eigenvalue weighted by molar-refractivity contribution is 8.00. The monoisotopic (exact) mass is 617 g/mol. The molecule has 1 aliphatic rings. The van der Waals surface area contributed by atoms with E-state index < -0.39 is 17.7 Å². The molecule has 4 aromatic rings. The van der Waals surface area contributed by atoms with Crippen LogP contribution >= 0.6 is 23.1 Å². The number of nitrogens with zero attached hydrogens (tertiary/aromatic N) is 3. The quantitative estimate of drug-likeness (QED) is 0.0457. The van der Waals surface area contributed by atoms with Crippen LogP contribution < -0.4 is 9.64 Å². The topological polar surface area (TPSA) is 92.6 Å². The zero-order valence-electron chi connectivity index (χ0n) is 24.1. The molecule has 0 unspecified atom stereocenters. The first kappa shape index (κ1) is 30.4. The molecular weight excluding hydrogens is 586 g/mol. The number of ether oxygens (including phenoxy) is 1. The van der Waals surface area contributed by atoms with Crippen molar-refractivity contribution in [3.8, 4) is 5.75 Å². The molecule has 1 amide bonds. The SMILES string of the molecule is CCCCOc1ccc(C(O)=C2C(=O)C(=O)N(c3nnc(SCc4ccc(F)cc4)s3)[C@H]2c2ccc(C(C)C)cc2)cc1. The predicted octanol–water partition coefficient (Wildman–Crippen LogP) is 7.90. The van der Waals surface area contributed by atoms with Crippen molar-refractivity contribution in [2.75, 3.05) is 11.5 Å². The van der Waals surface area contributed by atoms with Gasteiger partial charge in [0.2, 0.25) is 5.13 Å². The molecule has 1 saturated heterocycles. The lowest BCUT2D eigenvalue weighted by Gasteiger charge is -2.23. The molecule has 43 heavy (non-hydrogen) atoms. The zero-order chi connectivity index (χ0) is 30.5. The molecule has 0 saturated carbocycles. The van der Waals surface area contributed by atoms with Gasteiger partial charge in [0.05, 0.1) is 18.2 Å². The number of thioether (sulfide) groups is 1. The molecule has 7 nitrogen and oxygen atoms in total. The summed E-state index contributed by atoms with van der Waals surface area (Å²) in [6, 6.07) is 19.8. The highest BCUT2D eigenvalue weighted by Gasteiger charge is 2.48. The number of carbonyl (C=O) groups excluding carboxylic acids is 2. The Morgan fingerprint density at radius 3 is 2.37 bits per heavy atom. The first-order valence-corrected chi connectivity index (χ1v) is 15.9. The van der Waals surface area contributed by atoms with Gasteiger partial charge in [-0.05, 0) is 65.4 Å². The van der Waals surface area contributed by atoms with Crippen LogP contribution in [0.4, 0.5) is 9.52 Å². The molecule has 1 fully saturated rings. The van der Waals surface area contributed by atoms with Gasteiger partial charge < -0.3 is 9.84 Å². The van der Waals surface area contributed by atoms with E-state index in [0.29, 0.717) is 39.5 Å². The van der Waals surface area contributed by atoms with Gasteiger partial charge in [0, 0.05) is 11.3 Å². The summed E-state index contributed by atoms with van der Waals surface area (Å²) in [7, 11) is 0. The van der Waals surface area contributed by atoms with E-state index in [2.05, 4.69) is 31.0 Å². The Kier molecular flexibility index (Phi) is 9.57. The van der Waals surface area contributed by atoms with E-state index in [9.17, 15) is 19.1 Å². The van der Waals surface area contributed by atoms with Gasteiger partial charge in [0.1, 0.15) is 17.3 Å². The number of rotatable bonds is 11. The third kappa shape index (κ3) is 6.81. The maximum atomic E-state index is 13.5. The Bertz CT molecular complexity index is 1620. The number of ketones is 1. The molecule has 10 heteroatoms. The highest BCUT2D eigenvalue weighted by Crippen LogP contribution is 2.44. The van der Waals surface area contributed by atoms with Gasteiger partial charge in [-0.25, -0.2) is 4.39 Å². The zero-order valence-corrected chi connectivity index (χ0v) is 25.8. The molecule has 1 aromatic heterocycles. The largest absolute Gasteiger partial charge is 0.507 e. The summed E-state index contributed by atoms with van der Waals surface area (Å²) in [5.74, 6) is -0.673. The van der Waals surface area contributed by atoms with Crippen LogP contribution in [0.15, 0.2) is 82.7 Å². The second kappa shape index (κ2) is 13.5. The minimum Gasteiger partial charge on any atom is -0.507 e. The van der Waals surface area contributed by atoms with Crippen molar-refractivity contribution in [3.63, 3.8) is 0 Å². The highest BCUT2D eigenvalue weighted by atomic mass is 32.2. The van der Waals surface area contributed by atoms with Crippen molar-refractivity contribution in [1.82, 2.24) is 10.2 Å². The summed E-state index contributed by atoms with van der Waals surface area (Å²) in [5, 5.41) is 20.2. The van der Waals surface area contributed by atoms with Gasteiger partial charge >= 0.3 is 5.91 Å². The minimum absolute atomic E-state index is 0.0161. The van der Waals surface area contributed by atoms with Crippen LogP contribution in [0.25, 0.3) is 5.76 Å². The van der Waals surface area contributed by atoms with E-state index in [1.165, 1.54) is 40.1 Å². The van der Waals surface area contributed by atoms with Crippen molar-refractivity contribution >= 4 is 45.7 Å². The molecule has 0 radical (unpaired) electrons. The lowest BCUT2D eigenvalue weighted by atomic mass is 9.93. The Balaban J connectivity index is 1.49. The lowest BCUT2D eigenvalue weighted by Crippen LogP contribution is -2.29. The minimum atomic E-state index is -0.899. The Hall–Kier alpha value is -4.02. The second-order valence-electron chi connectivity index (χ2n) is 10.5. The molecule has 0 aliphatic carbocycles. The smallest absolute Gasteiger partial charge is 0.301 e. The summed E-state index contributed by atoms with van der Waals surface area (Å²) in [4.78, 5) is 28.4. The molecule has 5 rings (SSSR count). The van der Waals surface area contributed by atoms with Crippen LogP contribution in [-0.2, 0) is 15.3 Å². The Morgan fingerprint density at radius 2 is 1.72 bits per heavy atom. The Labute approximate surface area is 258 Å². The van der Waals surface area contributed by atoms with Crippen molar-refractivity contribution in [2.45, 2.75) is 55.7 Å². The van der Waals surface area contributed by atoms with Crippen LogP contribution in [0.5, 0.6) is 5.75 Å². The van der Waals surface area contributed by atoms with E-state index in [1.54, 1.807) is 36.4 Å². The van der Waals surface area contributed by atoms with Gasteiger partial charge in [-0.2, -0.15) is 0 Å². The third-order valence-electron chi connectivity index (χ3n) is 7.14. The molecule has 1 atom stereocenters. The van der Waals surface area contributed by atoms with E-state index in [0.717, 1.165) is 24.0 Å². The number of hydrogen-bond donors (Lipinski definition) is 1. The lowest BCUT2D eigenvalue weighted by molar-refractivity contribution is -0.132. The van der Waals surface area contributed by atoms with Crippen molar-refractivity contribution in [2.24, 2.45) is 0 Å². The first-order chi connectivity index (χ1) is 20.8. The van der Waals surface area contributed by atoms with E-state index >= 15 is 0 Å². The molecule has 3 aromatic carbocycles. The summed E-state index contributed by atoms with van der Waals surface area (Å²) in [5.41, 5.74) is 3.07. The number of unbranched alkanes of at least 4 members (excludes halogenated alkanes) is 1. The summed E-state index contributed by atoms with van der Waals surface area (Å²) < 4.78 is 19.6. The maximum absolute atomic E-state index is 13.5. The van der Waals surface area contributed by atoms with E-state index in [4.69, 9.17) is 4.74 Å². The van der Waals surface area contributed by atoms with Gasteiger partial charge in [0.15, 0.2) is 4.34 Å². The number of amides is 1. The molecule has 0 bridgehead atoms. The van der Waals surface area contributed by atoms with Crippen LogP contribution in [0.2, 0.25) is 0 Å². The molecule has 0 spiro atoms. The number of aliphatic hydroxyl groups excluding tert-OH is 1. The fourth-order valence-electron chi connectivity index (χ4n) is 4.69. The number of benzene rings is 3. The van der Waals surface area contributed by atoms with Crippen LogP contribution in [0, 0.1) is 5.82 Å². The maximum Gasteiger partial charge on any atom is 0.301 e. The number of anilines is 1. The van der Waals surface area contributed by atoms with Gasteiger partial charge in [-0.3, -0.25) is 14.5 Å². The molecular formula is C33H32FN3O4S2. The van der Waals surface area contributed by atoms with E-state index in [1.807, 2.05) is 24.3 Å². The molecule has 1 N–H and O–H groups in total. The fraction of sp³-hybridized carbons (Fsp3) is 0.273. The van der Waals surface area contributed by atoms with E-state index in [-0.39, 0.29) is 22.3 Å². The summed E-state index contributed by atoms with van der Waals surface area (Å²) in [6.45, 7) is 6.85. The average Bonchev–Trinajstić information content (AvgIpc) is 3.58. The van der Waals surface area contributed by atoms with Crippen LogP contribution in [-0.4, -0.2) is 33.6 Å². The fourth-order valence-corrected chi connectivity index (χ4v) is 6.51. The average molecular weight is 618 g/mol. The first-order valence-electron chi connectivity index (χ1n) is 14.1. The standard InChI is InChI=1S/C33H32FN3O4S2/c1-4-5-18-41-26-16-12-24(13-17-26)29(38)27-28(23-10-8-22(9-11-23)20(2)3)37(31(40)30(27)39)32-35-36-33(43-32)42-19-21-6-14-25(34)15-7-21/h6-17,20,28,38H,4-5,18-19H2,1-3H3/t28-/m0/s1. The number of aromatic nitrogens is 2. The van der Waals surface area contributed by atoms with Crippen molar-refractivity contribution < 1.29 is 23.8 Å². The number of Topliss-reactive ketones (excluding diaryl/α,β-unsaturated/α-hetero) is 1.